The van der Waals surface area contributed by atoms with Crippen molar-refractivity contribution in [1.29, 1.82) is 0 Å². The number of amides is 1. The van der Waals surface area contributed by atoms with E-state index in [1.165, 1.54) is 5.56 Å². The summed E-state index contributed by atoms with van der Waals surface area (Å²) in [5.41, 5.74) is 4.85. The van der Waals surface area contributed by atoms with Crippen LogP contribution in [0.4, 0.5) is 0 Å². The van der Waals surface area contributed by atoms with Crippen LogP contribution >= 0.6 is 0 Å². The molecule has 0 saturated heterocycles. The van der Waals surface area contributed by atoms with Gasteiger partial charge < -0.3 is 4.84 Å². The number of hydrogen-bond acceptors (Lipinski definition) is 2. The number of carbonyl (C=O) groups excluding carboxylic acids is 1. The molecule has 3 rings (SSSR count). The molecular weight excluding hydrogens is 178 g/mol. The SMILES string of the molecule is O=C1NOc2cccc3c2C1CCC3. The van der Waals surface area contributed by atoms with Gasteiger partial charge in [0.05, 0.1) is 5.92 Å². The third-order valence-corrected chi connectivity index (χ3v) is 3.02. The van der Waals surface area contributed by atoms with Crippen LogP contribution in [0.25, 0.3) is 0 Å². The topological polar surface area (TPSA) is 38.3 Å². The summed E-state index contributed by atoms with van der Waals surface area (Å²) >= 11 is 0. The quantitative estimate of drug-likeness (QED) is 0.672. The van der Waals surface area contributed by atoms with E-state index in [9.17, 15) is 4.79 Å². The van der Waals surface area contributed by atoms with E-state index in [0.717, 1.165) is 30.6 Å². The molecule has 1 amide bonds. The molecule has 1 aromatic carbocycles. The first kappa shape index (κ1) is 7.85. The highest BCUT2D eigenvalue weighted by Crippen LogP contribution is 2.39. The average Bonchev–Trinajstić information content (AvgIpc) is 2.24. The smallest absolute Gasteiger partial charge is 0.260 e. The summed E-state index contributed by atoms with van der Waals surface area (Å²) in [6, 6.07) is 5.98. The Balaban J connectivity index is 2.21. The molecule has 0 spiro atoms. The molecule has 1 N–H and O–H groups in total. The lowest BCUT2D eigenvalue weighted by Crippen LogP contribution is -2.38. The van der Waals surface area contributed by atoms with E-state index in [4.69, 9.17) is 4.84 Å². The van der Waals surface area contributed by atoms with Gasteiger partial charge >= 0.3 is 0 Å². The van der Waals surface area contributed by atoms with E-state index in [1.807, 2.05) is 12.1 Å². The van der Waals surface area contributed by atoms with Crippen molar-refractivity contribution < 1.29 is 9.63 Å². The summed E-state index contributed by atoms with van der Waals surface area (Å²) in [6.07, 6.45) is 3.10. The Morgan fingerprint density at radius 2 is 2.36 bits per heavy atom. The van der Waals surface area contributed by atoms with Crippen LogP contribution in [0.3, 0.4) is 0 Å². The molecule has 3 nitrogen and oxygen atoms in total. The van der Waals surface area contributed by atoms with Gasteiger partial charge in [0.15, 0.2) is 5.75 Å². The highest BCUT2D eigenvalue weighted by atomic mass is 16.7. The van der Waals surface area contributed by atoms with Gasteiger partial charge in [0, 0.05) is 5.56 Å². The summed E-state index contributed by atoms with van der Waals surface area (Å²) in [5, 5.41) is 0. The van der Waals surface area contributed by atoms with Crippen LogP contribution in [-0.4, -0.2) is 5.91 Å². The van der Waals surface area contributed by atoms with Crippen molar-refractivity contribution in [3.05, 3.63) is 29.3 Å². The minimum atomic E-state index is 0.00431. The second-order valence-electron chi connectivity index (χ2n) is 3.84. The molecule has 1 aliphatic heterocycles. The first-order valence-corrected chi connectivity index (χ1v) is 4.95. The number of nitrogens with one attached hydrogen (secondary N) is 1. The molecule has 72 valence electrons. The Hall–Kier alpha value is -1.51. The Morgan fingerprint density at radius 3 is 3.29 bits per heavy atom. The number of hydrogen-bond donors (Lipinski definition) is 1. The van der Waals surface area contributed by atoms with Gasteiger partial charge in [-0.15, -0.1) is 0 Å². The predicted molar refractivity (Wildman–Crippen MR) is 50.9 cm³/mol. The molecule has 1 heterocycles. The Kier molecular flexibility index (Phi) is 1.54. The van der Waals surface area contributed by atoms with Crippen molar-refractivity contribution in [2.75, 3.05) is 0 Å². The van der Waals surface area contributed by atoms with Crippen molar-refractivity contribution in [3.8, 4) is 5.75 Å². The number of rotatable bonds is 0. The average molecular weight is 189 g/mol. The first-order valence-electron chi connectivity index (χ1n) is 4.95. The van der Waals surface area contributed by atoms with Gasteiger partial charge in [-0.05, 0) is 30.9 Å². The molecule has 0 radical (unpaired) electrons. The van der Waals surface area contributed by atoms with Crippen LogP contribution in [0.2, 0.25) is 0 Å². The zero-order valence-corrected chi connectivity index (χ0v) is 7.75. The Bertz CT molecular complexity index is 386. The summed E-state index contributed by atoms with van der Waals surface area (Å²) < 4.78 is 0. The second kappa shape index (κ2) is 2.74. The van der Waals surface area contributed by atoms with Crippen molar-refractivity contribution in [2.45, 2.75) is 25.2 Å². The van der Waals surface area contributed by atoms with Gasteiger partial charge in [-0.25, -0.2) is 0 Å². The summed E-state index contributed by atoms with van der Waals surface area (Å²) in [7, 11) is 0. The maximum Gasteiger partial charge on any atom is 0.260 e. The van der Waals surface area contributed by atoms with Gasteiger partial charge in [0.25, 0.3) is 5.91 Å². The van der Waals surface area contributed by atoms with Crippen LogP contribution < -0.4 is 10.3 Å². The number of hydroxylamine groups is 1. The molecule has 0 aromatic heterocycles. The van der Waals surface area contributed by atoms with E-state index in [1.54, 1.807) is 0 Å². The highest BCUT2D eigenvalue weighted by molar-refractivity contribution is 5.86. The third-order valence-electron chi connectivity index (χ3n) is 3.02. The minimum absolute atomic E-state index is 0.00431. The van der Waals surface area contributed by atoms with Crippen molar-refractivity contribution in [2.24, 2.45) is 0 Å². The molecule has 1 aromatic rings. The van der Waals surface area contributed by atoms with E-state index < -0.39 is 0 Å². The van der Waals surface area contributed by atoms with Gasteiger partial charge in [-0.3, -0.25) is 4.79 Å². The van der Waals surface area contributed by atoms with Gasteiger partial charge in [-0.1, -0.05) is 12.1 Å². The molecule has 1 atom stereocenters. The second-order valence-corrected chi connectivity index (χ2v) is 3.84. The monoisotopic (exact) mass is 189 g/mol. The maximum absolute atomic E-state index is 11.5. The van der Waals surface area contributed by atoms with Gasteiger partial charge in [-0.2, -0.15) is 5.48 Å². The van der Waals surface area contributed by atoms with Crippen molar-refractivity contribution in [3.63, 3.8) is 0 Å². The van der Waals surface area contributed by atoms with Crippen LogP contribution in [0.15, 0.2) is 18.2 Å². The normalized spacial score (nSPS) is 23.4. The number of aryl methyl sites for hydroxylation is 1. The maximum atomic E-state index is 11.5. The lowest BCUT2D eigenvalue weighted by molar-refractivity contribution is -0.131. The molecule has 1 unspecified atom stereocenters. The fourth-order valence-corrected chi connectivity index (χ4v) is 2.37. The fourth-order valence-electron chi connectivity index (χ4n) is 2.37. The van der Waals surface area contributed by atoms with Crippen LogP contribution in [0, 0.1) is 0 Å². The van der Waals surface area contributed by atoms with E-state index in [2.05, 4.69) is 11.5 Å². The number of carbonyl (C=O) groups is 1. The minimum Gasteiger partial charge on any atom is -0.379 e. The van der Waals surface area contributed by atoms with Gasteiger partial charge in [0.1, 0.15) is 0 Å². The van der Waals surface area contributed by atoms with E-state index in [0.29, 0.717) is 0 Å². The Morgan fingerprint density at radius 1 is 1.43 bits per heavy atom. The molecule has 0 saturated carbocycles. The highest BCUT2D eigenvalue weighted by Gasteiger charge is 2.33. The molecule has 3 heteroatoms. The zero-order valence-electron chi connectivity index (χ0n) is 7.75. The zero-order chi connectivity index (χ0) is 9.54. The molecule has 2 aliphatic rings. The van der Waals surface area contributed by atoms with Crippen molar-refractivity contribution >= 4 is 5.91 Å². The van der Waals surface area contributed by atoms with Crippen LogP contribution in [0.5, 0.6) is 5.75 Å². The first-order chi connectivity index (χ1) is 6.86. The van der Waals surface area contributed by atoms with Crippen LogP contribution in [0.1, 0.15) is 29.9 Å². The predicted octanol–water partition coefficient (Wildman–Crippen LogP) is 1.53. The van der Waals surface area contributed by atoms with E-state index in [-0.39, 0.29) is 11.8 Å². The molecule has 0 fully saturated rings. The molecule has 14 heavy (non-hydrogen) atoms. The summed E-state index contributed by atoms with van der Waals surface area (Å²) in [6.45, 7) is 0. The largest absolute Gasteiger partial charge is 0.379 e. The molecule has 1 aliphatic carbocycles. The molecular formula is C11H11NO2. The lowest BCUT2D eigenvalue weighted by Gasteiger charge is -2.30. The number of benzene rings is 1. The standard InChI is InChI=1S/C11H11NO2/c13-11-8-5-1-3-7-4-2-6-9(10(7)8)14-12-11/h2,4,6,8H,1,3,5H2,(H,12,13). The Labute approximate surface area is 82.0 Å². The molecule has 0 bridgehead atoms. The van der Waals surface area contributed by atoms with Crippen molar-refractivity contribution in [1.82, 2.24) is 5.48 Å². The third kappa shape index (κ3) is 0.953. The summed E-state index contributed by atoms with van der Waals surface area (Å²) in [4.78, 5) is 16.7. The van der Waals surface area contributed by atoms with Gasteiger partial charge in [0.2, 0.25) is 0 Å². The lowest BCUT2D eigenvalue weighted by atomic mass is 9.81. The summed E-state index contributed by atoms with van der Waals surface area (Å²) in [5.74, 6) is 0.847. The van der Waals surface area contributed by atoms with Crippen LogP contribution in [-0.2, 0) is 11.2 Å². The fraction of sp³-hybridized carbons (Fsp3) is 0.364. The van der Waals surface area contributed by atoms with E-state index >= 15 is 0 Å².